The van der Waals surface area contributed by atoms with Gasteiger partial charge in [-0.15, -0.1) is 0 Å². The van der Waals surface area contributed by atoms with Crippen molar-refractivity contribution in [1.29, 1.82) is 0 Å². The highest BCUT2D eigenvalue weighted by molar-refractivity contribution is 5.96. The van der Waals surface area contributed by atoms with Crippen molar-refractivity contribution in [3.05, 3.63) is 82.7 Å². The summed E-state index contributed by atoms with van der Waals surface area (Å²) in [5.41, 5.74) is -3.67. The largest absolute Gasteiger partial charge is 0.477 e. The number of hydrogen-bond donors (Lipinski definition) is 2. The van der Waals surface area contributed by atoms with Crippen LogP contribution < -0.4 is 15.6 Å². The number of carboxylic acids is 1. The number of non-ortho nitro benzene ring substituents is 1. The summed E-state index contributed by atoms with van der Waals surface area (Å²) in [7, 11) is 0. The molecular weight excluding hydrogens is 480 g/mol. The number of rotatable bonds is 6. The van der Waals surface area contributed by atoms with Crippen LogP contribution in [0.2, 0.25) is 0 Å². The van der Waals surface area contributed by atoms with Crippen molar-refractivity contribution >= 4 is 39.6 Å². The third-order valence-electron chi connectivity index (χ3n) is 5.86. The van der Waals surface area contributed by atoms with Crippen LogP contribution in [0.15, 0.2) is 41.3 Å². The van der Waals surface area contributed by atoms with Gasteiger partial charge >= 0.3 is 5.97 Å². The van der Waals surface area contributed by atoms with E-state index >= 15 is 0 Å². The SMILES string of the molecule is C[C@H]1CN(c2cc3c(cc2[N+](=O)[O-])c(=O)c(C(=O)O)cn3-c2ccc([N+](=O)[O-])cc2[N+](=O)[O-])CCN1. The minimum atomic E-state index is -1.65. The summed E-state index contributed by atoms with van der Waals surface area (Å²) in [5.74, 6) is -1.65. The smallest absolute Gasteiger partial charge is 0.341 e. The second-order valence-electron chi connectivity index (χ2n) is 8.15. The number of nitrogens with one attached hydrogen (secondary N) is 1. The van der Waals surface area contributed by atoms with Gasteiger partial charge in [-0.3, -0.25) is 35.1 Å². The van der Waals surface area contributed by atoms with Gasteiger partial charge in [0.25, 0.3) is 17.1 Å². The van der Waals surface area contributed by atoms with Gasteiger partial charge in [-0.1, -0.05) is 0 Å². The fourth-order valence-corrected chi connectivity index (χ4v) is 4.23. The van der Waals surface area contributed by atoms with Gasteiger partial charge in [0, 0.05) is 44.0 Å². The summed E-state index contributed by atoms with van der Waals surface area (Å²) in [4.78, 5) is 58.9. The lowest BCUT2D eigenvalue weighted by Gasteiger charge is -2.33. The van der Waals surface area contributed by atoms with Crippen LogP contribution in [-0.4, -0.2) is 56.1 Å². The molecule has 0 unspecified atom stereocenters. The molecule has 1 atom stereocenters. The Morgan fingerprint density at radius 1 is 1.03 bits per heavy atom. The zero-order chi connectivity index (χ0) is 26.3. The molecule has 1 aliphatic heterocycles. The molecule has 15 nitrogen and oxygen atoms in total. The Morgan fingerprint density at radius 2 is 1.69 bits per heavy atom. The lowest BCUT2D eigenvalue weighted by atomic mass is 10.1. The molecule has 3 aromatic rings. The number of anilines is 1. The molecule has 0 aliphatic carbocycles. The molecule has 1 saturated heterocycles. The van der Waals surface area contributed by atoms with E-state index in [2.05, 4.69) is 5.32 Å². The maximum absolute atomic E-state index is 13.0. The van der Waals surface area contributed by atoms with E-state index in [9.17, 15) is 45.0 Å². The van der Waals surface area contributed by atoms with E-state index < -0.39 is 48.8 Å². The normalized spacial score (nSPS) is 15.6. The van der Waals surface area contributed by atoms with Crippen LogP contribution in [0.4, 0.5) is 22.7 Å². The van der Waals surface area contributed by atoms with Crippen molar-refractivity contribution in [2.45, 2.75) is 13.0 Å². The fourth-order valence-electron chi connectivity index (χ4n) is 4.23. The van der Waals surface area contributed by atoms with Crippen molar-refractivity contribution in [1.82, 2.24) is 9.88 Å². The van der Waals surface area contributed by atoms with Crippen molar-refractivity contribution < 1.29 is 24.7 Å². The van der Waals surface area contributed by atoms with Crippen LogP contribution in [0.1, 0.15) is 17.3 Å². The number of carboxylic acid groups (broad SMARTS) is 1. The second-order valence-corrected chi connectivity index (χ2v) is 8.15. The van der Waals surface area contributed by atoms with Crippen LogP contribution in [-0.2, 0) is 0 Å². The molecular formula is C21H18N6O9. The molecule has 2 heterocycles. The number of hydrogen-bond acceptors (Lipinski definition) is 10. The van der Waals surface area contributed by atoms with E-state index in [-0.39, 0.29) is 28.3 Å². The van der Waals surface area contributed by atoms with Gasteiger partial charge in [-0.25, -0.2) is 4.79 Å². The summed E-state index contributed by atoms with van der Waals surface area (Å²) >= 11 is 0. The number of piperazine rings is 1. The predicted molar refractivity (Wildman–Crippen MR) is 126 cm³/mol. The summed E-state index contributed by atoms with van der Waals surface area (Å²) in [5, 5.41) is 47.3. The van der Waals surface area contributed by atoms with Gasteiger partial charge in [0.1, 0.15) is 16.9 Å². The van der Waals surface area contributed by atoms with Gasteiger partial charge < -0.3 is 19.9 Å². The monoisotopic (exact) mass is 498 g/mol. The second kappa shape index (κ2) is 9.03. The van der Waals surface area contributed by atoms with E-state index in [0.717, 1.165) is 29.0 Å². The lowest BCUT2D eigenvalue weighted by molar-refractivity contribution is -0.394. The summed E-state index contributed by atoms with van der Waals surface area (Å²) in [6.07, 6.45) is 0.872. The highest BCUT2D eigenvalue weighted by Crippen LogP contribution is 2.36. The fraction of sp³-hybridized carbons (Fsp3) is 0.238. The summed E-state index contributed by atoms with van der Waals surface area (Å²) in [6.45, 7) is 3.19. The molecule has 0 bridgehead atoms. The molecule has 36 heavy (non-hydrogen) atoms. The number of fused-ring (bicyclic) bond motifs is 1. The Morgan fingerprint density at radius 3 is 2.28 bits per heavy atom. The van der Waals surface area contributed by atoms with E-state index in [1.807, 2.05) is 6.92 Å². The molecule has 186 valence electrons. The highest BCUT2D eigenvalue weighted by atomic mass is 16.6. The highest BCUT2D eigenvalue weighted by Gasteiger charge is 2.29. The zero-order valence-corrected chi connectivity index (χ0v) is 18.6. The molecule has 0 radical (unpaired) electrons. The van der Waals surface area contributed by atoms with Gasteiger partial charge in [0.05, 0.1) is 31.7 Å². The van der Waals surface area contributed by atoms with Crippen molar-refractivity contribution in [2.24, 2.45) is 0 Å². The van der Waals surface area contributed by atoms with Crippen LogP contribution in [0.5, 0.6) is 0 Å². The maximum Gasteiger partial charge on any atom is 0.341 e. The first-order valence-corrected chi connectivity index (χ1v) is 10.5. The number of nitrogens with zero attached hydrogens (tertiary/aromatic N) is 5. The molecule has 0 spiro atoms. The number of aromatic nitrogens is 1. The van der Waals surface area contributed by atoms with Crippen molar-refractivity contribution in [3.63, 3.8) is 0 Å². The van der Waals surface area contributed by atoms with Gasteiger partial charge in [0.2, 0.25) is 5.43 Å². The molecule has 0 saturated carbocycles. The zero-order valence-electron chi connectivity index (χ0n) is 18.6. The number of carbonyl (C=O) groups is 1. The first-order valence-electron chi connectivity index (χ1n) is 10.5. The predicted octanol–water partition coefficient (Wildman–Crippen LogP) is 2.21. The molecule has 15 heteroatoms. The summed E-state index contributed by atoms with van der Waals surface area (Å²) in [6, 6.07) is 5.02. The third kappa shape index (κ3) is 4.18. The minimum absolute atomic E-state index is 0.0126. The van der Waals surface area contributed by atoms with Gasteiger partial charge in [-0.05, 0) is 19.1 Å². The van der Waals surface area contributed by atoms with E-state index in [1.165, 1.54) is 6.07 Å². The molecule has 2 N–H and O–H groups in total. The maximum atomic E-state index is 13.0. The molecule has 1 aliphatic rings. The number of nitro benzene ring substituents is 3. The topological polar surface area (TPSA) is 204 Å². The standard InChI is InChI=1S/C21H18N6O9/c1-11-9-23(5-4-22-11)17-8-16-13(7-19(17)27(35)36)20(28)14(21(29)30)10-24(16)15-3-2-12(25(31)32)6-18(15)26(33)34/h2-3,6-8,10-11,22H,4-5,9H2,1H3,(H,29,30)/t11-/m0/s1. The lowest BCUT2D eigenvalue weighted by Crippen LogP contribution is -2.49. The Bertz CT molecular complexity index is 1520. The van der Waals surface area contributed by atoms with Crippen LogP contribution in [0.25, 0.3) is 16.6 Å². The third-order valence-corrected chi connectivity index (χ3v) is 5.86. The summed E-state index contributed by atoms with van der Waals surface area (Å²) < 4.78 is 1.04. The first kappa shape index (κ1) is 24.2. The number of aromatic carboxylic acids is 1. The molecule has 4 rings (SSSR count). The van der Waals surface area contributed by atoms with Crippen LogP contribution >= 0.6 is 0 Å². The van der Waals surface area contributed by atoms with Gasteiger partial charge in [0.15, 0.2) is 0 Å². The number of pyridine rings is 1. The number of nitro groups is 3. The van der Waals surface area contributed by atoms with Crippen LogP contribution in [0.3, 0.4) is 0 Å². The Balaban J connectivity index is 2.12. The average Bonchev–Trinajstić information content (AvgIpc) is 2.83. The van der Waals surface area contributed by atoms with E-state index in [4.69, 9.17) is 0 Å². The van der Waals surface area contributed by atoms with Crippen molar-refractivity contribution in [2.75, 3.05) is 24.5 Å². The molecule has 1 aromatic heterocycles. The minimum Gasteiger partial charge on any atom is -0.477 e. The Kier molecular flexibility index (Phi) is 6.07. The molecule has 0 amide bonds. The first-order chi connectivity index (χ1) is 17.0. The number of benzene rings is 2. The molecule has 2 aromatic carbocycles. The van der Waals surface area contributed by atoms with Gasteiger partial charge in [-0.2, -0.15) is 0 Å². The van der Waals surface area contributed by atoms with Crippen molar-refractivity contribution in [3.8, 4) is 5.69 Å². The van der Waals surface area contributed by atoms with E-state index in [1.54, 1.807) is 4.90 Å². The van der Waals surface area contributed by atoms with Crippen LogP contribution in [0, 0.1) is 30.3 Å². The molecule has 1 fully saturated rings. The quantitative estimate of drug-likeness (QED) is 0.372. The van der Waals surface area contributed by atoms with E-state index in [0.29, 0.717) is 25.7 Å². The Labute approximate surface area is 200 Å². The Hall–Kier alpha value is -4.92. The average molecular weight is 498 g/mol.